The van der Waals surface area contributed by atoms with Crippen LogP contribution in [0, 0.1) is 5.82 Å². The molecule has 0 saturated carbocycles. The van der Waals surface area contributed by atoms with Gasteiger partial charge in [-0.15, -0.1) is 0 Å². The number of halogens is 2. The van der Waals surface area contributed by atoms with Crippen molar-refractivity contribution in [3.05, 3.63) is 17.2 Å². The summed E-state index contributed by atoms with van der Waals surface area (Å²) in [5, 5.41) is 0.178. The van der Waals surface area contributed by atoms with Crippen LogP contribution in [0.2, 0.25) is 5.15 Å². The fourth-order valence-electron chi connectivity index (χ4n) is 6.28. The fraction of sp³-hybridized carbons (Fsp3) is 0.615. The largest absolute Gasteiger partial charge is 0.474 e. The Balaban J connectivity index is 1.51. The Bertz CT molecular complexity index is 1340. The summed E-state index contributed by atoms with van der Waals surface area (Å²) in [5.41, 5.74) is 0.555. The van der Waals surface area contributed by atoms with Crippen LogP contribution in [0.1, 0.15) is 40.5 Å². The zero-order valence-electron chi connectivity index (χ0n) is 22.2. The van der Waals surface area contributed by atoms with Gasteiger partial charge >= 0.3 is 6.09 Å². The molecule has 204 valence electrons. The lowest BCUT2D eigenvalue weighted by Gasteiger charge is -2.53. The second kappa shape index (κ2) is 8.81. The monoisotopic (exact) mass is 546 g/mol. The normalized spacial score (nSPS) is 27.3. The molecule has 6 heterocycles. The second-order valence-corrected chi connectivity index (χ2v) is 12.0. The number of rotatable bonds is 1. The molecule has 2 aromatic rings. The van der Waals surface area contributed by atoms with Crippen LogP contribution in [-0.4, -0.2) is 94.8 Å². The topological polar surface area (TPSA) is 91.3 Å². The lowest BCUT2D eigenvalue weighted by Crippen LogP contribution is -2.69. The molecule has 2 saturated heterocycles. The molecule has 10 nitrogen and oxygen atoms in total. The van der Waals surface area contributed by atoms with Crippen molar-refractivity contribution in [2.24, 2.45) is 0 Å². The number of pyridine rings is 2. The highest BCUT2D eigenvalue weighted by Crippen LogP contribution is 2.51. The summed E-state index contributed by atoms with van der Waals surface area (Å²) in [6.45, 7) is 9.02. The molecule has 6 rings (SSSR count). The van der Waals surface area contributed by atoms with Gasteiger partial charge in [-0.05, 0) is 54.1 Å². The van der Waals surface area contributed by atoms with E-state index in [1.807, 2.05) is 32.6 Å². The van der Waals surface area contributed by atoms with Crippen LogP contribution in [0.4, 0.5) is 20.6 Å². The van der Waals surface area contributed by atoms with Gasteiger partial charge in [-0.2, -0.15) is 0 Å². The lowest BCUT2D eigenvalue weighted by molar-refractivity contribution is -0.122. The van der Waals surface area contributed by atoms with Crippen LogP contribution in [0.5, 0.6) is 5.88 Å². The zero-order chi connectivity index (χ0) is 27.1. The van der Waals surface area contributed by atoms with E-state index in [0.29, 0.717) is 23.3 Å². The van der Waals surface area contributed by atoms with Crippen molar-refractivity contribution >= 4 is 45.9 Å². The summed E-state index contributed by atoms with van der Waals surface area (Å²) < 4.78 is 27.0. The Hall–Kier alpha value is -2.92. The summed E-state index contributed by atoms with van der Waals surface area (Å²) in [4.78, 5) is 43.6. The van der Waals surface area contributed by atoms with E-state index in [9.17, 15) is 9.59 Å². The van der Waals surface area contributed by atoms with Gasteiger partial charge in [0.2, 0.25) is 5.88 Å². The summed E-state index contributed by atoms with van der Waals surface area (Å²) in [7, 11) is 2.06. The standard InChI is InChI=1S/C26H32ClFN6O4/c1-13-10-33-16(11-32(13)25(36)38-26(2,3)4)24(35)34-17(15-7-6-8-31(15)5)12-37-23-21(34)20(33)14-9-29-22(27)18(28)19(14)30-23/h9,13,15-17H,6-8,10-12H2,1-5H3/t13-,15+,16-,17+/m1/s1. The molecular weight excluding hydrogens is 515 g/mol. The van der Waals surface area contributed by atoms with Crippen molar-refractivity contribution in [1.29, 1.82) is 0 Å². The number of fused-ring (bicyclic) bond motifs is 4. The van der Waals surface area contributed by atoms with E-state index in [-0.39, 0.29) is 53.7 Å². The molecule has 0 aromatic carbocycles. The smallest absolute Gasteiger partial charge is 0.410 e. The number of hydrogen-bond acceptors (Lipinski definition) is 8. The molecule has 0 aliphatic carbocycles. The molecule has 0 spiro atoms. The summed E-state index contributed by atoms with van der Waals surface area (Å²) in [5.74, 6) is -0.652. The number of anilines is 2. The van der Waals surface area contributed by atoms with Gasteiger partial charge in [0, 0.05) is 30.2 Å². The first-order valence-electron chi connectivity index (χ1n) is 13.1. The van der Waals surface area contributed by atoms with Crippen molar-refractivity contribution in [1.82, 2.24) is 19.8 Å². The summed E-state index contributed by atoms with van der Waals surface area (Å²) in [6.07, 6.45) is 3.01. The quantitative estimate of drug-likeness (QED) is 0.502. The first-order valence-corrected chi connectivity index (χ1v) is 13.4. The van der Waals surface area contributed by atoms with Crippen LogP contribution in [0.3, 0.4) is 0 Å². The van der Waals surface area contributed by atoms with Gasteiger partial charge in [0.15, 0.2) is 11.0 Å². The maximum atomic E-state index is 15.2. The lowest BCUT2D eigenvalue weighted by atomic mass is 9.94. The van der Waals surface area contributed by atoms with Crippen LogP contribution in [0.25, 0.3) is 10.9 Å². The number of nitrogens with zero attached hydrogens (tertiary/aromatic N) is 6. The molecule has 0 unspecified atom stereocenters. The fourth-order valence-corrected chi connectivity index (χ4v) is 6.42. The molecule has 12 heteroatoms. The highest BCUT2D eigenvalue weighted by atomic mass is 35.5. The van der Waals surface area contributed by atoms with Gasteiger partial charge in [-0.25, -0.2) is 19.2 Å². The molecular formula is C26H32ClFN6O4. The number of piperazine rings is 1. The average Bonchev–Trinajstić information content (AvgIpc) is 3.28. The van der Waals surface area contributed by atoms with E-state index < -0.39 is 23.6 Å². The molecule has 4 atom stereocenters. The molecule has 2 amide bonds. The van der Waals surface area contributed by atoms with E-state index in [2.05, 4.69) is 21.9 Å². The minimum Gasteiger partial charge on any atom is -0.474 e. The third kappa shape index (κ3) is 3.85. The zero-order valence-corrected chi connectivity index (χ0v) is 23.0. The SMILES string of the molecule is C[C@@H]1CN2c3c4c(nc5c(F)c(Cl)ncc35)OC[C@@H]([C@@H]3CCCN3C)N4C(=O)[C@H]2CN1C(=O)OC(C)(C)C. The van der Waals surface area contributed by atoms with E-state index >= 15 is 4.39 Å². The van der Waals surface area contributed by atoms with Crippen LogP contribution >= 0.6 is 11.6 Å². The molecule has 0 bridgehead atoms. The van der Waals surface area contributed by atoms with Crippen molar-refractivity contribution in [2.45, 2.75) is 70.3 Å². The van der Waals surface area contributed by atoms with Crippen molar-refractivity contribution in [2.75, 3.05) is 43.1 Å². The average molecular weight is 547 g/mol. The molecule has 4 aliphatic heterocycles. The van der Waals surface area contributed by atoms with Gasteiger partial charge in [0.25, 0.3) is 5.91 Å². The van der Waals surface area contributed by atoms with Gasteiger partial charge < -0.3 is 24.2 Å². The second-order valence-electron chi connectivity index (χ2n) is 11.7. The minimum absolute atomic E-state index is 0.0467. The molecule has 0 N–H and O–H groups in total. The molecule has 2 aromatic heterocycles. The van der Waals surface area contributed by atoms with Crippen LogP contribution in [-0.2, 0) is 9.53 Å². The highest BCUT2D eigenvalue weighted by molar-refractivity contribution is 6.30. The van der Waals surface area contributed by atoms with Crippen molar-refractivity contribution < 1.29 is 23.5 Å². The first kappa shape index (κ1) is 25.4. The Morgan fingerprint density at radius 2 is 2.00 bits per heavy atom. The molecule has 2 fully saturated rings. The van der Waals surface area contributed by atoms with Crippen molar-refractivity contribution in [3.63, 3.8) is 0 Å². The summed E-state index contributed by atoms with van der Waals surface area (Å²) in [6, 6.07) is -1.10. The maximum absolute atomic E-state index is 15.2. The van der Waals surface area contributed by atoms with Gasteiger partial charge in [0.1, 0.15) is 29.5 Å². The van der Waals surface area contributed by atoms with E-state index in [1.165, 1.54) is 6.20 Å². The van der Waals surface area contributed by atoms with Crippen LogP contribution < -0.4 is 14.5 Å². The van der Waals surface area contributed by atoms with Gasteiger partial charge in [-0.3, -0.25) is 9.69 Å². The minimum atomic E-state index is -0.732. The summed E-state index contributed by atoms with van der Waals surface area (Å²) >= 11 is 6.02. The van der Waals surface area contributed by atoms with Gasteiger partial charge in [0.05, 0.1) is 18.3 Å². The third-order valence-corrected chi connectivity index (χ3v) is 8.27. The number of ether oxygens (including phenoxy) is 2. The van der Waals surface area contributed by atoms with E-state index in [1.54, 1.807) is 9.80 Å². The third-order valence-electron chi connectivity index (χ3n) is 8.01. The number of likely N-dealkylation sites (tertiary alicyclic amines) is 1. The number of carbonyl (C=O) groups is 2. The Kier molecular flexibility index (Phi) is 5.88. The number of hydrogen-bond donors (Lipinski definition) is 0. The first-order chi connectivity index (χ1) is 18.0. The molecule has 38 heavy (non-hydrogen) atoms. The van der Waals surface area contributed by atoms with Crippen molar-refractivity contribution in [3.8, 4) is 5.88 Å². The molecule has 4 aliphatic rings. The predicted molar refractivity (Wildman–Crippen MR) is 140 cm³/mol. The number of aromatic nitrogens is 2. The highest BCUT2D eigenvalue weighted by Gasteiger charge is 2.52. The predicted octanol–water partition coefficient (Wildman–Crippen LogP) is 3.44. The Labute approximate surface area is 225 Å². The van der Waals surface area contributed by atoms with Gasteiger partial charge in [-0.1, -0.05) is 11.6 Å². The number of likely N-dealkylation sites (N-methyl/N-ethyl adjacent to an activating group) is 1. The maximum Gasteiger partial charge on any atom is 0.410 e. The van der Waals surface area contributed by atoms with E-state index in [0.717, 1.165) is 19.4 Å². The Morgan fingerprint density at radius 3 is 2.68 bits per heavy atom. The van der Waals surface area contributed by atoms with Crippen LogP contribution in [0.15, 0.2) is 6.20 Å². The van der Waals surface area contributed by atoms with E-state index in [4.69, 9.17) is 21.1 Å². The number of carbonyl (C=O) groups excluding carboxylic acids is 2. The molecule has 0 radical (unpaired) electrons. The Morgan fingerprint density at radius 1 is 1.24 bits per heavy atom. The number of amides is 2.